The predicted octanol–water partition coefficient (Wildman–Crippen LogP) is 4.86. The molecule has 0 bridgehead atoms. The van der Waals surface area contributed by atoms with Gasteiger partial charge in [-0.05, 0) is 42.8 Å². The van der Waals surface area contributed by atoms with Crippen molar-refractivity contribution < 1.29 is 18.3 Å². The number of nitrogens with zero attached hydrogens (tertiary/aromatic N) is 2. The average Bonchev–Trinajstić information content (AvgIpc) is 3.26. The Morgan fingerprint density at radius 1 is 1.06 bits per heavy atom. The van der Waals surface area contributed by atoms with Crippen LogP contribution in [0.1, 0.15) is 21.5 Å². The molecule has 9 heteroatoms. The van der Waals surface area contributed by atoms with E-state index in [1.165, 1.54) is 12.1 Å². The van der Waals surface area contributed by atoms with Crippen LogP contribution < -0.4 is 15.4 Å². The molecule has 2 heterocycles. The smallest absolute Gasteiger partial charge is 0.251 e. The molecule has 2 aromatic carbocycles. The summed E-state index contributed by atoms with van der Waals surface area (Å²) in [7, 11) is 0. The number of carbonyl (C=O) groups is 1. The Morgan fingerprint density at radius 3 is 2.62 bits per heavy atom. The van der Waals surface area contributed by atoms with E-state index >= 15 is 0 Å². The Bertz CT molecular complexity index is 1220. The lowest BCUT2D eigenvalue weighted by Crippen LogP contribution is -2.23. The molecule has 7 nitrogen and oxygen atoms in total. The molecule has 162 valence electrons. The lowest BCUT2D eigenvalue weighted by Gasteiger charge is -2.13. The van der Waals surface area contributed by atoms with Crippen molar-refractivity contribution >= 4 is 17.5 Å². The Morgan fingerprint density at radius 2 is 1.88 bits per heavy atom. The van der Waals surface area contributed by atoms with Crippen LogP contribution in [0.25, 0.3) is 0 Å². The SMILES string of the molecule is Cc1c(Oc2ccnc(Nc3ccn[nH]3)c2)cccc1C(=O)NCc1cc(F)cc(F)c1. The summed E-state index contributed by atoms with van der Waals surface area (Å²) in [5.74, 6) is 0.488. The predicted molar refractivity (Wildman–Crippen MR) is 115 cm³/mol. The first-order valence-electron chi connectivity index (χ1n) is 9.71. The van der Waals surface area contributed by atoms with E-state index < -0.39 is 11.6 Å². The molecule has 4 rings (SSSR count). The van der Waals surface area contributed by atoms with E-state index in [9.17, 15) is 13.6 Å². The van der Waals surface area contributed by atoms with Gasteiger partial charge >= 0.3 is 0 Å². The molecule has 2 aromatic heterocycles. The van der Waals surface area contributed by atoms with E-state index in [4.69, 9.17) is 4.74 Å². The monoisotopic (exact) mass is 435 g/mol. The van der Waals surface area contributed by atoms with E-state index in [1.54, 1.807) is 55.7 Å². The highest BCUT2D eigenvalue weighted by Crippen LogP contribution is 2.28. The second-order valence-electron chi connectivity index (χ2n) is 6.96. The molecule has 0 aliphatic rings. The number of amides is 1. The summed E-state index contributed by atoms with van der Waals surface area (Å²) >= 11 is 0. The molecular weight excluding hydrogens is 416 g/mol. The van der Waals surface area contributed by atoms with Gasteiger partial charge in [0.25, 0.3) is 5.91 Å². The van der Waals surface area contributed by atoms with Crippen molar-refractivity contribution in [1.82, 2.24) is 20.5 Å². The van der Waals surface area contributed by atoms with E-state index in [-0.39, 0.29) is 12.5 Å². The number of rotatable bonds is 7. The maximum absolute atomic E-state index is 13.4. The summed E-state index contributed by atoms with van der Waals surface area (Å²) in [6.45, 7) is 1.75. The Hall–Kier alpha value is -4.27. The number of nitrogens with one attached hydrogen (secondary N) is 3. The van der Waals surface area contributed by atoms with Crippen LogP contribution >= 0.6 is 0 Å². The fourth-order valence-corrected chi connectivity index (χ4v) is 3.10. The summed E-state index contributed by atoms with van der Waals surface area (Å²) in [6.07, 6.45) is 3.21. The molecule has 1 amide bonds. The van der Waals surface area contributed by atoms with Crippen LogP contribution in [0.3, 0.4) is 0 Å². The van der Waals surface area contributed by atoms with Crippen molar-refractivity contribution in [2.24, 2.45) is 0 Å². The molecule has 3 N–H and O–H groups in total. The molecule has 0 aliphatic carbocycles. The van der Waals surface area contributed by atoms with Gasteiger partial charge < -0.3 is 15.4 Å². The first-order chi connectivity index (χ1) is 15.5. The fraction of sp³-hybridized carbons (Fsp3) is 0.0870. The summed E-state index contributed by atoms with van der Waals surface area (Å²) < 4.78 is 32.7. The van der Waals surface area contributed by atoms with Gasteiger partial charge in [0, 0.05) is 42.1 Å². The van der Waals surface area contributed by atoms with E-state index in [1.807, 2.05) is 0 Å². The van der Waals surface area contributed by atoms with Gasteiger partial charge in [0.2, 0.25) is 0 Å². The lowest BCUT2D eigenvalue weighted by molar-refractivity contribution is 0.0950. The van der Waals surface area contributed by atoms with Crippen molar-refractivity contribution in [3.63, 3.8) is 0 Å². The number of halogens is 2. The number of pyridine rings is 1. The highest BCUT2D eigenvalue weighted by Gasteiger charge is 2.14. The first kappa shape index (κ1) is 21.0. The van der Waals surface area contributed by atoms with Gasteiger partial charge in [0.15, 0.2) is 0 Å². The van der Waals surface area contributed by atoms with E-state index in [2.05, 4.69) is 25.8 Å². The van der Waals surface area contributed by atoms with Gasteiger partial charge in [0.05, 0.1) is 6.20 Å². The van der Waals surface area contributed by atoms with Crippen molar-refractivity contribution in [3.8, 4) is 11.5 Å². The van der Waals surface area contributed by atoms with E-state index in [0.717, 1.165) is 6.07 Å². The number of H-pyrrole nitrogens is 1. The highest BCUT2D eigenvalue weighted by atomic mass is 19.1. The number of anilines is 2. The number of benzene rings is 2. The number of hydrogen-bond donors (Lipinski definition) is 3. The lowest BCUT2D eigenvalue weighted by atomic mass is 10.1. The van der Waals surface area contributed by atoms with Gasteiger partial charge in [0.1, 0.15) is 34.8 Å². The second-order valence-corrected chi connectivity index (χ2v) is 6.96. The molecular formula is C23H19F2N5O2. The van der Waals surface area contributed by atoms with Gasteiger partial charge in [-0.1, -0.05) is 6.07 Å². The maximum atomic E-state index is 13.4. The molecule has 4 aromatic rings. The molecule has 0 saturated heterocycles. The zero-order chi connectivity index (χ0) is 22.5. The van der Waals surface area contributed by atoms with Gasteiger partial charge in [-0.25, -0.2) is 13.8 Å². The third-order valence-corrected chi connectivity index (χ3v) is 4.63. The van der Waals surface area contributed by atoms with Crippen molar-refractivity contribution in [1.29, 1.82) is 0 Å². The van der Waals surface area contributed by atoms with Crippen LogP contribution in [-0.2, 0) is 6.54 Å². The average molecular weight is 435 g/mol. The first-order valence-corrected chi connectivity index (χ1v) is 9.71. The van der Waals surface area contributed by atoms with Crippen molar-refractivity contribution in [3.05, 3.63) is 95.3 Å². The number of hydrogen-bond acceptors (Lipinski definition) is 5. The van der Waals surface area contributed by atoms with Crippen LogP contribution in [0.4, 0.5) is 20.4 Å². The standard InChI is InChI=1S/C23H19F2N5O2/c1-14-19(23(31)27-13-15-9-16(24)11-17(25)10-15)3-2-4-20(14)32-18-5-7-26-22(12-18)29-21-6-8-28-30-21/h2-12H,13H2,1H3,(H,27,31)(H2,26,28,29,30). The quantitative estimate of drug-likeness (QED) is 0.386. The minimum atomic E-state index is -0.695. The normalized spacial score (nSPS) is 10.6. The number of ether oxygens (including phenoxy) is 1. The maximum Gasteiger partial charge on any atom is 0.251 e. The van der Waals surface area contributed by atoms with Gasteiger partial charge in [-0.15, -0.1) is 0 Å². The third-order valence-electron chi connectivity index (χ3n) is 4.63. The molecule has 0 unspecified atom stereocenters. The van der Waals surface area contributed by atoms with Gasteiger partial charge in [-0.3, -0.25) is 9.89 Å². The summed E-state index contributed by atoms with van der Waals surface area (Å²) in [5.41, 5.74) is 1.34. The Labute approximate surface area is 182 Å². The Kier molecular flexibility index (Phi) is 6.07. The molecule has 0 spiro atoms. The largest absolute Gasteiger partial charge is 0.457 e. The zero-order valence-electron chi connectivity index (χ0n) is 17.0. The molecule has 0 atom stereocenters. The number of carbonyl (C=O) groups excluding carboxylic acids is 1. The van der Waals surface area contributed by atoms with Crippen LogP contribution in [-0.4, -0.2) is 21.1 Å². The number of aromatic amines is 1. The van der Waals surface area contributed by atoms with Crippen LogP contribution in [0.5, 0.6) is 11.5 Å². The topological polar surface area (TPSA) is 91.9 Å². The van der Waals surface area contributed by atoms with Crippen LogP contribution in [0.2, 0.25) is 0 Å². The molecule has 0 aliphatic heterocycles. The van der Waals surface area contributed by atoms with E-state index in [0.29, 0.717) is 39.8 Å². The second kappa shape index (κ2) is 9.25. The Balaban J connectivity index is 1.47. The fourth-order valence-electron chi connectivity index (χ4n) is 3.10. The summed E-state index contributed by atoms with van der Waals surface area (Å²) in [5, 5.41) is 12.4. The molecule has 32 heavy (non-hydrogen) atoms. The minimum Gasteiger partial charge on any atom is -0.457 e. The highest BCUT2D eigenvalue weighted by molar-refractivity contribution is 5.96. The van der Waals surface area contributed by atoms with Gasteiger partial charge in [-0.2, -0.15) is 5.10 Å². The molecule has 0 radical (unpaired) electrons. The summed E-state index contributed by atoms with van der Waals surface area (Å²) in [4.78, 5) is 16.9. The van der Waals surface area contributed by atoms with Crippen LogP contribution in [0, 0.1) is 18.6 Å². The van der Waals surface area contributed by atoms with Crippen LogP contribution in [0.15, 0.2) is 67.0 Å². The van der Waals surface area contributed by atoms with Crippen molar-refractivity contribution in [2.75, 3.05) is 5.32 Å². The van der Waals surface area contributed by atoms with Crippen molar-refractivity contribution in [2.45, 2.75) is 13.5 Å². The third kappa shape index (κ3) is 5.07. The molecule has 0 fully saturated rings. The summed E-state index contributed by atoms with van der Waals surface area (Å²) in [6, 6.07) is 13.4. The minimum absolute atomic E-state index is 0.00891. The number of aromatic nitrogens is 3. The zero-order valence-corrected chi connectivity index (χ0v) is 17.0. The molecule has 0 saturated carbocycles.